The monoisotopic (exact) mass is 752 g/mol. The van der Waals surface area contributed by atoms with Crippen molar-refractivity contribution in [2.75, 3.05) is 17.6 Å². The van der Waals surface area contributed by atoms with Crippen LogP contribution in [0.3, 0.4) is 0 Å². The Balaban J connectivity index is 1.28. The summed E-state index contributed by atoms with van der Waals surface area (Å²) in [4.78, 5) is 25.9. The largest absolute Gasteiger partial charge is 0.387 e. The Labute approximate surface area is 287 Å². The van der Waals surface area contributed by atoms with Crippen molar-refractivity contribution in [3.8, 4) is 11.1 Å². The topological polar surface area (TPSA) is 127 Å². The molecule has 2 unspecified atom stereocenters. The molecule has 1 fully saturated rings. The molecule has 2 aromatic carbocycles. The van der Waals surface area contributed by atoms with Gasteiger partial charge in [0, 0.05) is 34.6 Å². The molecule has 1 saturated carbocycles. The zero-order valence-electron chi connectivity index (χ0n) is 26.5. The molecule has 1 aliphatic carbocycles. The zero-order chi connectivity index (χ0) is 32.9. The average Bonchev–Trinajstić information content (AvgIpc) is 3.73. The third kappa shape index (κ3) is 7.01. The number of hydrogen-bond acceptors (Lipinski definition) is 9. The van der Waals surface area contributed by atoms with Crippen LogP contribution in [0.5, 0.6) is 0 Å². The number of alkyl halides is 1. The Hall–Kier alpha value is -3.59. The van der Waals surface area contributed by atoms with Gasteiger partial charge in [0.1, 0.15) is 6.33 Å². The third-order valence-corrected chi connectivity index (χ3v) is 9.49. The molecule has 0 radical (unpaired) electrons. The first kappa shape index (κ1) is 33.3. The van der Waals surface area contributed by atoms with E-state index in [1.54, 1.807) is 4.90 Å². The summed E-state index contributed by atoms with van der Waals surface area (Å²) in [5.74, 6) is 1.19. The van der Waals surface area contributed by atoms with Gasteiger partial charge in [0.25, 0.3) is 5.56 Å². The lowest BCUT2D eigenvalue weighted by Gasteiger charge is -2.31. The van der Waals surface area contributed by atoms with Gasteiger partial charge < -0.3 is 19.8 Å². The number of hydrogen-bond donors (Lipinski definition) is 2. The Morgan fingerprint density at radius 3 is 2.57 bits per heavy atom. The van der Waals surface area contributed by atoms with E-state index in [2.05, 4.69) is 75.6 Å². The van der Waals surface area contributed by atoms with E-state index in [0.717, 1.165) is 70.0 Å². The number of aliphatic hydroxyl groups excluding tert-OH is 2. The van der Waals surface area contributed by atoms with Gasteiger partial charge in [-0.15, -0.1) is 6.58 Å². The van der Waals surface area contributed by atoms with Crippen molar-refractivity contribution in [3.05, 3.63) is 100 Å². The van der Waals surface area contributed by atoms with Crippen LogP contribution in [0.4, 0.5) is 0 Å². The Morgan fingerprint density at radius 2 is 1.87 bits per heavy atom. The SMILES string of the molecule is C=CC(O)COC1CCC(n2c(=O)c(Cc3ccc(-c4ccccc4C4=NOC(O)N4CCI)cc3)c(CCC)n3ncnc23)CC1. The van der Waals surface area contributed by atoms with Crippen LogP contribution in [-0.2, 0) is 22.4 Å². The molecular formula is C35H41IN6O5. The first-order valence-electron chi connectivity index (χ1n) is 16.2. The number of ether oxygens (including phenoxy) is 1. The molecule has 2 aliphatic rings. The summed E-state index contributed by atoms with van der Waals surface area (Å²) >= 11 is 2.27. The number of benzene rings is 2. The van der Waals surface area contributed by atoms with Gasteiger partial charge in [-0.25, -0.2) is 4.52 Å². The van der Waals surface area contributed by atoms with Crippen LogP contribution in [0, 0.1) is 0 Å². The fraction of sp³-hybridized carbons (Fsp3) is 0.429. The Bertz CT molecular complexity index is 1780. The Morgan fingerprint density at radius 1 is 1.13 bits per heavy atom. The fourth-order valence-electron chi connectivity index (χ4n) is 6.61. The summed E-state index contributed by atoms with van der Waals surface area (Å²) in [6.07, 6.45) is 6.49. The molecule has 2 atom stereocenters. The second-order valence-electron chi connectivity index (χ2n) is 12.0. The van der Waals surface area contributed by atoms with E-state index in [1.165, 1.54) is 12.4 Å². The van der Waals surface area contributed by atoms with Crippen LogP contribution in [0.15, 0.2) is 77.5 Å². The molecule has 3 heterocycles. The van der Waals surface area contributed by atoms with Crippen LogP contribution in [0.2, 0.25) is 0 Å². The van der Waals surface area contributed by atoms with Crippen LogP contribution in [0.1, 0.15) is 67.5 Å². The maximum atomic E-state index is 14.4. The van der Waals surface area contributed by atoms with Gasteiger partial charge in [0.2, 0.25) is 5.78 Å². The molecule has 0 bridgehead atoms. The van der Waals surface area contributed by atoms with Gasteiger partial charge in [-0.3, -0.25) is 14.3 Å². The second-order valence-corrected chi connectivity index (χ2v) is 13.1. The first-order chi connectivity index (χ1) is 22.9. The lowest BCUT2D eigenvalue weighted by Crippen LogP contribution is -2.37. The van der Waals surface area contributed by atoms with Crippen molar-refractivity contribution < 1.29 is 19.8 Å². The van der Waals surface area contributed by atoms with Crippen molar-refractivity contribution >= 4 is 34.2 Å². The molecule has 0 spiro atoms. The van der Waals surface area contributed by atoms with Crippen molar-refractivity contribution in [1.82, 2.24) is 24.1 Å². The van der Waals surface area contributed by atoms with Crippen LogP contribution in [-0.4, -0.2) is 76.3 Å². The molecule has 47 heavy (non-hydrogen) atoms. The summed E-state index contributed by atoms with van der Waals surface area (Å²) in [5, 5.41) is 28.9. The van der Waals surface area contributed by atoms with E-state index in [4.69, 9.17) is 9.57 Å². The summed E-state index contributed by atoms with van der Waals surface area (Å²) in [6.45, 7) is 6.56. The number of nitrogens with zero attached hydrogens (tertiary/aromatic N) is 6. The summed E-state index contributed by atoms with van der Waals surface area (Å²) in [7, 11) is 0. The smallest absolute Gasteiger partial charge is 0.307 e. The quantitative estimate of drug-likeness (QED) is 0.113. The third-order valence-electron chi connectivity index (χ3n) is 9.01. The van der Waals surface area contributed by atoms with Crippen molar-refractivity contribution in [2.45, 2.75) is 76.5 Å². The molecular weight excluding hydrogens is 711 g/mol. The Kier molecular flexibility index (Phi) is 10.7. The molecule has 11 nitrogen and oxygen atoms in total. The van der Waals surface area contributed by atoms with E-state index in [-0.39, 0.29) is 24.3 Å². The number of aliphatic hydroxyl groups is 2. The highest BCUT2D eigenvalue weighted by Gasteiger charge is 2.31. The van der Waals surface area contributed by atoms with Crippen molar-refractivity contribution in [2.24, 2.45) is 5.16 Å². The van der Waals surface area contributed by atoms with E-state index >= 15 is 0 Å². The summed E-state index contributed by atoms with van der Waals surface area (Å²) < 4.78 is 10.4. The molecule has 4 aromatic rings. The highest BCUT2D eigenvalue weighted by atomic mass is 127. The number of oxime groups is 1. The lowest BCUT2D eigenvalue weighted by molar-refractivity contribution is -0.143. The van der Waals surface area contributed by atoms with Crippen LogP contribution < -0.4 is 5.56 Å². The standard InChI is InChI=1S/C35H41IN6O5/c1-3-7-31-30(33(44)41(34-37-22-38-42(31)34)25-14-16-27(17-15-25)46-21-26(43)4-2)20-23-10-12-24(13-11-23)28-8-5-6-9-29(28)32-39-47-35(45)40(32)19-18-36/h4-6,8-13,22,25-27,35,43,45H,2-3,7,14-21H2,1H3. The zero-order valence-corrected chi connectivity index (χ0v) is 28.7. The highest BCUT2D eigenvalue weighted by molar-refractivity contribution is 14.1. The van der Waals surface area contributed by atoms with Crippen LogP contribution in [0.25, 0.3) is 16.9 Å². The number of fused-ring (bicyclic) bond motifs is 1. The van der Waals surface area contributed by atoms with Crippen molar-refractivity contribution in [1.29, 1.82) is 0 Å². The molecule has 248 valence electrons. The van der Waals surface area contributed by atoms with E-state index in [9.17, 15) is 15.0 Å². The first-order valence-corrected chi connectivity index (χ1v) is 17.8. The summed E-state index contributed by atoms with van der Waals surface area (Å²) in [6, 6.07) is 16.2. The van der Waals surface area contributed by atoms with Gasteiger partial charge in [-0.2, -0.15) is 10.1 Å². The van der Waals surface area contributed by atoms with Gasteiger partial charge in [-0.05, 0) is 48.8 Å². The van der Waals surface area contributed by atoms with Gasteiger partial charge in [0.05, 0.1) is 24.5 Å². The number of aromatic nitrogens is 4. The van der Waals surface area contributed by atoms with E-state index < -0.39 is 12.5 Å². The maximum Gasteiger partial charge on any atom is 0.307 e. The lowest BCUT2D eigenvalue weighted by atomic mass is 9.92. The minimum Gasteiger partial charge on any atom is -0.387 e. The molecule has 6 rings (SSSR count). The number of aryl methyl sites for hydroxylation is 1. The van der Waals surface area contributed by atoms with E-state index in [1.807, 2.05) is 33.3 Å². The predicted octanol–water partition coefficient (Wildman–Crippen LogP) is 4.85. The minimum atomic E-state index is -1.10. The van der Waals surface area contributed by atoms with Gasteiger partial charge in [0.15, 0.2) is 5.84 Å². The minimum absolute atomic E-state index is 0.0111. The average molecular weight is 753 g/mol. The fourth-order valence-corrected chi connectivity index (χ4v) is 7.13. The van der Waals surface area contributed by atoms with Crippen molar-refractivity contribution in [3.63, 3.8) is 0 Å². The van der Waals surface area contributed by atoms with E-state index in [0.29, 0.717) is 31.0 Å². The molecule has 2 aromatic heterocycles. The molecule has 2 N–H and O–H groups in total. The molecule has 0 amide bonds. The normalized spacial score (nSPS) is 20.3. The van der Waals surface area contributed by atoms with Crippen LogP contribution >= 0.6 is 22.6 Å². The highest BCUT2D eigenvalue weighted by Crippen LogP contribution is 2.32. The number of amidine groups is 1. The number of halogens is 1. The predicted molar refractivity (Wildman–Crippen MR) is 189 cm³/mol. The molecule has 12 heteroatoms. The summed E-state index contributed by atoms with van der Waals surface area (Å²) in [5.41, 5.74) is 5.51. The molecule has 0 saturated heterocycles. The van der Waals surface area contributed by atoms with Gasteiger partial charge in [-0.1, -0.05) is 95.7 Å². The molecule has 1 aliphatic heterocycles. The van der Waals surface area contributed by atoms with Gasteiger partial charge >= 0.3 is 6.41 Å². The second kappa shape index (κ2) is 15.1. The maximum absolute atomic E-state index is 14.4. The number of rotatable bonds is 13.